The molecule has 0 radical (unpaired) electrons. The Hall–Kier alpha value is -3.04. The van der Waals surface area contributed by atoms with Gasteiger partial charge in [-0.15, -0.1) is 12.4 Å². The number of hydrogen-bond acceptors (Lipinski definition) is 7. The first-order valence-corrected chi connectivity index (χ1v) is 11.1. The molecule has 0 saturated heterocycles. The molecular weight excluding hydrogens is 477 g/mol. The second kappa shape index (κ2) is 10.1. The predicted octanol–water partition coefficient (Wildman–Crippen LogP) is 4.53. The number of nitrogens with zero attached hydrogens (tertiary/aromatic N) is 5. The molecule has 9 nitrogen and oxygen atoms in total. The number of anilines is 2. The van der Waals surface area contributed by atoms with E-state index in [4.69, 9.17) is 27.2 Å². The van der Waals surface area contributed by atoms with E-state index in [9.17, 15) is 4.79 Å². The van der Waals surface area contributed by atoms with Gasteiger partial charge in [-0.1, -0.05) is 12.1 Å². The molecule has 34 heavy (non-hydrogen) atoms. The van der Waals surface area contributed by atoms with E-state index in [1.54, 1.807) is 4.90 Å². The van der Waals surface area contributed by atoms with E-state index in [-0.39, 0.29) is 23.8 Å². The molecule has 0 atom stereocenters. The maximum absolute atomic E-state index is 12.5. The molecule has 3 heterocycles. The number of nitrogens with two attached hydrogens (primary N) is 1. The summed E-state index contributed by atoms with van der Waals surface area (Å²) in [6.07, 6.45) is 1.89. The number of nitrogen functional groups attached to an aromatic ring is 1. The summed E-state index contributed by atoms with van der Waals surface area (Å²) in [5, 5.41) is 8.13. The van der Waals surface area contributed by atoms with E-state index < -0.39 is 5.60 Å². The summed E-state index contributed by atoms with van der Waals surface area (Å²) in [5.41, 5.74) is 10.9. The SMILES string of the molecule is Cc1c2c(nn1-c1ccc(CNc3nc(Cl)ncc3N)cc1)CCN(C(=O)OC(C)(C)C)C2.Cl. The van der Waals surface area contributed by atoms with Gasteiger partial charge in [-0.3, -0.25) is 0 Å². The Morgan fingerprint density at radius 3 is 2.65 bits per heavy atom. The van der Waals surface area contributed by atoms with Gasteiger partial charge in [0.25, 0.3) is 0 Å². The molecule has 0 aliphatic carbocycles. The topological polar surface area (TPSA) is 111 Å². The van der Waals surface area contributed by atoms with Gasteiger partial charge in [0.15, 0.2) is 5.82 Å². The molecule has 11 heteroatoms. The Labute approximate surface area is 210 Å². The average molecular weight is 506 g/mol. The standard InChI is InChI=1S/C23H28ClN7O2.ClH/c1-14-17-13-30(22(32)33-23(2,3)4)10-9-19(17)29-31(14)16-7-5-15(6-8-16)11-26-20-18(25)12-27-21(24)28-20;/h5-8,12H,9-11,13,25H2,1-4H3,(H,26,27,28);1H. The second-order valence-electron chi connectivity index (χ2n) is 9.04. The van der Waals surface area contributed by atoms with Gasteiger partial charge in [-0.05, 0) is 57.0 Å². The third kappa shape index (κ3) is 5.71. The molecule has 0 saturated carbocycles. The van der Waals surface area contributed by atoms with Crippen molar-refractivity contribution in [1.29, 1.82) is 0 Å². The molecule has 0 spiro atoms. The first-order valence-electron chi connectivity index (χ1n) is 10.8. The highest BCUT2D eigenvalue weighted by molar-refractivity contribution is 6.28. The molecule has 0 fully saturated rings. The third-order valence-corrected chi connectivity index (χ3v) is 5.55. The summed E-state index contributed by atoms with van der Waals surface area (Å²) in [4.78, 5) is 22.2. The first-order chi connectivity index (χ1) is 15.6. The zero-order valence-corrected chi connectivity index (χ0v) is 21.2. The minimum atomic E-state index is -0.515. The molecule has 3 aromatic rings. The molecule has 2 aromatic heterocycles. The number of carbonyl (C=O) groups excluding carboxylic acids is 1. The van der Waals surface area contributed by atoms with Crippen molar-refractivity contribution >= 4 is 41.6 Å². The van der Waals surface area contributed by atoms with E-state index in [1.165, 1.54) is 6.20 Å². The Morgan fingerprint density at radius 1 is 1.26 bits per heavy atom. The number of ether oxygens (including phenoxy) is 1. The quantitative estimate of drug-likeness (QED) is 0.500. The van der Waals surface area contributed by atoms with Crippen LogP contribution in [-0.2, 0) is 24.2 Å². The minimum absolute atomic E-state index is 0. The normalized spacial score (nSPS) is 13.1. The lowest BCUT2D eigenvalue weighted by Gasteiger charge is -2.29. The fourth-order valence-corrected chi connectivity index (χ4v) is 3.83. The molecule has 1 aromatic carbocycles. The van der Waals surface area contributed by atoms with Crippen molar-refractivity contribution in [3.8, 4) is 5.69 Å². The lowest BCUT2D eigenvalue weighted by Crippen LogP contribution is -2.39. The van der Waals surface area contributed by atoms with Crippen molar-refractivity contribution in [3.63, 3.8) is 0 Å². The van der Waals surface area contributed by atoms with Gasteiger partial charge < -0.3 is 20.7 Å². The summed E-state index contributed by atoms with van der Waals surface area (Å²) in [6.45, 7) is 9.29. The van der Waals surface area contributed by atoms with E-state index in [0.29, 0.717) is 37.6 Å². The van der Waals surface area contributed by atoms with Crippen LogP contribution < -0.4 is 11.1 Å². The van der Waals surface area contributed by atoms with Gasteiger partial charge in [0.05, 0.1) is 29.8 Å². The molecule has 0 unspecified atom stereocenters. The highest BCUT2D eigenvalue weighted by Crippen LogP contribution is 2.26. The monoisotopic (exact) mass is 505 g/mol. The number of rotatable bonds is 4. The van der Waals surface area contributed by atoms with Gasteiger partial charge in [0, 0.05) is 30.8 Å². The van der Waals surface area contributed by atoms with E-state index >= 15 is 0 Å². The molecule has 0 bridgehead atoms. The van der Waals surface area contributed by atoms with E-state index in [1.807, 2.05) is 56.6 Å². The lowest BCUT2D eigenvalue weighted by molar-refractivity contribution is 0.0223. The van der Waals surface area contributed by atoms with Crippen LogP contribution >= 0.6 is 24.0 Å². The number of halogens is 2. The van der Waals surface area contributed by atoms with Crippen LogP contribution in [0.3, 0.4) is 0 Å². The largest absolute Gasteiger partial charge is 0.444 e. The maximum Gasteiger partial charge on any atom is 0.410 e. The van der Waals surface area contributed by atoms with Crippen molar-refractivity contribution < 1.29 is 9.53 Å². The van der Waals surface area contributed by atoms with Crippen LogP contribution in [0, 0.1) is 6.92 Å². The highest BCUT2D eigenvalue weighted by atomic mass is 35.5. The van der Waals surface area contributed by atoms with Gasteiger partial charge in [-0.2, -0.15) is 10.1 Å². The van der Waals surface area contributed by atoms with Crippen molar-refractivity contribution in [2.45, 2.75) is 52.8 Å². The smallest absolute Gasteiger partial charge is 0.410 e. The Bertz CT molecular complexity index is 1170. The summed E-state index contributed by atoms with van der Waals surface area (Å²) >= 11 is 5.84. The van der Waals surface area contributed by atoms with Crippen LogP contribution in [0.25, 0.3) is 5.69 Å². The summed E-state index contributed by atoms with van der Waals surface area (Å²) in [5.74, 6) is 0.504. The number of benzene rings is 1. The Morgan fingerprint density at radius 2 is 1.97 bits per heavy atom. The van der Waals surface area contributed by atoms with Crippen LogP contribution in [0.15, 0.2) is 30.5 Å². The maximum atomic E-state index is 12.5. The van der Waals surface area contributed by atoms with Crippen LogP contribution in [-0.4, -0.2) is 42.9 Å². The predicted molar refractivity (Wildman–Crippen MR) is 135 cm³/mol. The average Bonchev–Trinajstić information content (AvgIpc) is 3.09. The number of aromatic nitrogens is 4. The summed E-state index contributed by atoms with van der Waals surface area (Å²) in [6, 6.07) is 8.08. The van der Waals surface area contributed by atoms with Crippen molar-refractivity contribution in [1.82, 2.24) is 24.6 Å². The molecule has 1 aliphatic heterocycles. The van der Waals surface area contributed by atoms with Crippen LogP contribution in [0.4, 0.5) is 16.3 Å². The van der Waals surface area contributed by atoms with Crippen LogP contribution in [0.5, 0.6) is 0 Å². The molecule has 182 valence electrons. The van der Waals surface area contributed by atoms with Gasteiger partial charge >= 0.3 is 6.09 Å². The van der Waals surface area contributed by atoms with Crippen molar-refractivity contribution in [3.05, 3.63) is 58.3 Å². The number of nitrogens with one attached hydrogen (secondary N) is 1. The summed E-state index contributed by atoms with van der Waals surface area (Å²) in [7, 11) is 0. The first kappa shape index (κ1) is 25.6. The summed E-state index contributed by atoms with van der Waals surface area (Å²) < 4.78 is 7.47. The van der Waals surface area contributed by atoms with E-state index in [0.717, 1.165) is 28.2 Å². The molecule has 1 amide bonds. The van der Waals surface area contributed by atoms with Crippen LogP contribution in [0.2, 0.25) is 5.28 Å². The lowest BCUT2D eigenvalue weighted by atomic mass is 10.1. The van der Waals surface area contributed by atoms with Gasteiger partial charge in [0.2, 0.25) is 5.28 Å². The number of fused-ring (bicyclic) bond motifs is 1. The zero-order valence-electron chi connectivity index (χ0n) is 19.6. The Kier molecular flexibility index (Phi) is 7.57. The van der Waals surface area contributed by atoms with Crippen molar-refractivity contribution in [2.24, 2.45) is 0 Å². The second-order valence-corrected chi connectivity index (χ2v) is 9.38. The molecule has 1 aliphatic rings. The number of carbonyl (C=O) groups is 1. The van der Waals surface area contributed by atoms with Gasteiger partial charge in [0.1, 0.15) is 5.60 Å². The van der Waals surface area contributed by atoms with Crippen LogP contribution in [0.1, 0.15) is 43.3 Å². The fourth-order valence-electron chi connectivity index (χ4n) is 3.70. The number of amides is 1. The Balaban J connectivity index is 0.00000324. The molecule has 3 N–H and O–H groups in total. The van der Waals surface area contributed by atoms with Crippen molar-refractivity contribution in [2.75, 3.05) is 17.6 Å². The van der Waals surface area contributed by atoms with Gasteiger partial charge in [-0.25, -0.2) is 14.5 Å². The minimum Gasteiger partial charge on any atom is -0.444 e. The highest BCUT2D eigenvalue weighted by Gasteiger charge is 2.29. The molecule has 4 rings (SSSR count). The fraction of sp³-hybridized carbons (Fsp3) is 0.391. The molecular formula is C23H29Cl2N7O2. The zero-order chi connectivity index (χ0) is 23.8. The third-order valence-electron chi connectivity index (χ3n) is 5.37. The number of hydrogen-bond donors (Lipinski definition) is 2. The van der Waals surface area contributed by atoms with E-state index in [2.05, 4.69) is 15.3 Å².